The van der Waals surface area contributed by atoms with Crippen molar-refractivity contribution in [1.82, 2.24) is 4.98 Å². The first kappa shape index (κ1) is 13.8. The molecule has 100 valence electrons. The lowest BCUT2D eigenvalue weighted by molar-refractivity contribution is 0.387. The molecule has 0 saturated heterocycles. The van der Waals surface area contributed by atoms with Crippen LogP contribution >= 0.6 is 11.6 Å². The number of aromatic nitrogens is 1. The van der Waals surface area contributed by atoms with Crippen LogP contribution < -0.4 is 5.73 Å². The average Bonchev–Trinajstić information content (AvgIpc) is 2.61. The van der Waals surface area contributed by atoms with Crippen LogP contribution in [0.3, 0.4) is 0 Å². The van der Waals surface area contributed by atoms with Gasteiger partial charge in [-0.2, -0.15) is 0 Å². The summed E-state index contributed by atoms with van der Waals surface area (Å²) >= 11 is 6.12. The van der Waals surface area contributed by atoms with Crippen molar-refractivity contribution in [3.8, 4) is 0 Å². The molecule has 1 aliphatic rings. The maximum absolute atomic E-state index is 6.28. The van der Waals surface area contributed by atoms with E-state index in [0.717, 1.165) is 29.3 Å². The van der Waals surface area contributed by atoms with Gasteiger partial charge in [-0.1, -0.05) is 50.1 Å². The number of nitrogens with zero attached hydrogens (tertiary/aromatic N) is 1. The zero-order valence-electron chi connectivity index (χ0n) is 10.9. The van der Waals surface area contributed by atoms with Crippen LogP contribution in [-0.4, -0.2) is 11.0 Å². The molecule has 2 rings (SSSR count). The van der Waals surface area contributed by atoms with Gasteiger partial charge in [-0.05, 0) is 30.4 Å². The predicted octanol–water partition coefficient (Wildman–Crippen LogP) is 3.97. The topological polar surface area (TPSA) is 38.9 Å². The van der Waals surface area contributed by atoms with Gasteiger partial charge in [0.15, 0.2) is 0 Å². The van der Waals surface area contributed by atoms with E-state index in [4.69, 9.17) is 17.3 Å². The fourth-order valence-corrected chi connectivity index (χ4v) is 3.16. The number of pyridine rings is 1. The Labute approximate surface area is 115 Å². The van der Waals surface area contributed by atoms with Crippen LogP contribution in [0, 0.1) is 5.92 Å². The molecule has 0 amide bonds. The van der Waals surface area contributed by atoms with Crippen molar-refractivity contribution in [3.05, 3.63) is 29.0 Å². The Balaban J connectivity index is 1.84. The van der Waals surface area contributed by atoms with E-state index in [9.17, 15) is 0 Å². The lowest BCUT2D eigenvalue weighted by atomic mass is 9.90. The molecule has 0 aliphatic heterocycles. The van der Waals surface area contributed by atoms with Crippen LogP contribution in [-0.2, 0) is 6.42 Å². The van der Waals surface area contributed by atoms with Crippen molar-refractivity contribution in [3.63, 3.8) is 0 Å². The standard InChI is InChI=1S/C15H23ClN2/c16-15-11-18-8-7-13(15)10-14(17)9-12-5-3-1-2-4-6-12/h7-8,11-12,14H,1-6,9-10,17H2. The highest BCUT2D eigenvalue weighted by Gasteiger charge is 2.16. The third-order valence-electron chi connectivity index (χ3n) is 3.95. The minimum atomic E-state index is 0.230. The summed E-state index contributed by atoms with van der Waals surface area (Å²) in [6.45, 7) is 0. The molecule has 2 N–H and O–H groups in total. The highest BCUT2D eigenvalue weighted by molar-refractivity contribution is 6.31. The van der Waals surface area contributed by atoms with Crippen LogP contribution in [0.5, 0.6) is 0 Å². The number of rotatable bonds is 4. The monoisotopic (exact) mass is 266 g/mol. The summed E-state index contributed by atoms with van der Waals surface area (Å²) < 4.78 is 0. The van der Waals surface area contributed by atoms with Gasteiger partial charge in [0.05, 0.1) is 5.02 Å². The van der Waals surface area contributed by atoms with E-state index in [2.05, 4.69) is 4.98 Å². The number of hydrogen-bond acceptors (Lipinski definition) is 2. The molecule has 3 heteroatoms. The first-order valence-corrected chi connectivity index (χ1v) is 7.47. The molecule has 0 spiro atoms. The molecule has 1 unspecified atom stereocenters. The first-order valence-electron chi connectivity index (χ1n) is 7.09. The van der Waals surface area contributed by atoms with Gasteiger partial charge in [-0.25, -0.2) is 0 Å². The van der Waals surface area contributed by atoms with Crippen molar-refractivity contribution in [1.29, 1.82) is 0 Å². The number of nitrogens with two attached hydrogens (primary N) is 1. The molecule has 1 saturated carbocycles. The van der Waals surface area contributed by atoms with E-state index >= 15 is 0 Å². The van der Waals surface area contributed by atoms with Gasteiger partial charge in [-0.15, -0.1) is 0 Å². The second-order valence-electron chi connectivity index (χ2n) is 5.52. The van der Waals surface area contributed by atoms with Crippen molar-refractivity contribution in [2.24, 2.45) is 11.7 Å². The molecular formula is C15H23ClN2. The quantitative estimate of drug-likeness (QED) is 0.838. The predicted molar refractivity (Wildman–Crippen MR) is 76.7 cm³/mol. The van der Waals surface area contributed by atoms with E-state index in [1.165, 1.54) is 38.5 Å². The summed E-state index contributed by atoms with van der Waals surface area (Å²) in [4.78, 5) is 4.01. The molecule has 1 atom stereocenters. The Bertz CT molecular complexity index is 359. The second kappa shape index (κ2) is 7.10. The normalized spacial score (nSPS) is 19.4. The fourth-order valence-electron chi connectivity index (χ4n) is 2.96. The van der Waals surface area contributed by atoms with E-state index in [-0.39, 0.29) is 6.04 Å². The Hall–Kier alpha value is -0.600. The summed E-state index contributed by atoms with van der Waals surface area (Å²) in [7, 11) is 0. The number of halogens is 1. The summed E-state index contributed by atoms with van der Waals surface area (Å²) in [6.07, 6.45) is 13.8. The smallest absolute Gasteiger partial charge is 0.0621 e. The van der Waals surface area contributed by atoms with Gasteiger partial charge in [0, 0.05) is 18.4 Å². The summed E-state index contributed by atoms with van der Waals surface area (Å²) in [5.41, 5.74) is 7.41. The van der Waals surface area contributed by atoms with Crippen LogP contribution in [0.15, 0.2) is 18.5 Å². The van der Waals surface area contributed by atoms with Gasteiger partial charge < -0.3 is 5.73 Å². The molecule has 1 aromatic rings. The van der Waals surface area contributed by atoms with E-state index in [1.54, 1.807) is 12.4 Å². The first-order chi connectivity index (χ1) is 8.75. The van der Waals surface area contributed by atoms with E-state index < -0.39 is 0 Å². The van der Waals surface area contributed by atoms with Gasteiger partial charge in [-0.3, -0.25) is 4.98 Å². The maximum atomic E-state index is 6.28. The van der Waals surface area contributed by atoms with Gasteiger partial charge in [0.1, 0.15) is 0 Å². The lowest BCUT2D eigenvalue weighted by Gasteiger charge is -2.19. The van der Waals surface area contributed by atoms with Crippen LogP contribution in [0.2, 0.25) is 5.02 Å². The van der Waals surface area contributed by atoms with Gasteiger partial charge >= 0.3 is 0 Å². The lowest BCUT2D eigenvalue weighted by Crippen LogP contribution is -2.26. The van der Waals surface area contributed by atoms with Crippen molar-refractivity contribution in [2.45, 2.75) is 57.4 Å². The van der Waals surface area contributed by atoms with Crippen molar-refractivity contribution in [2.75, 3.05) is 0 Å². The van der Waals surface area contributed by atoms with Gasteiger partial charge in [0.25, 0.3) is 0 Å². The molecule has 2 nitrogen and oxygen atoms in total. The van der Waals surface area contributed by atoms with Crippen LogP contribution in [0.25, 0.3) is 0 Å². The van der Waals surface area contributed by atoms with Crippen molar-refractivity contribution < 1.29 is 0 Å². The van der Waals surface area contributed by atoms with Crippen molar-refractivity contribution >= 4 is 11.6 Å². The zero-order chi connectivity index (χ0) is 12.8. The highest BCUT2D eigenvalue weighted by Crippen LogP contribution is 2.27. The Morgan fingerprint density at radius 3 is 2.67 bits per heavy atom. The molecule has 1 fully saturated rings. The van der Waals surface area contributed by atoms with E-state index in [0.29, 0.717) is 0 Å². The molecule has 1 aromatic heterocycles. The third kappa shape index (κ3) is 4.25. The highest BCUT2D eigenvalue weighted by atomic mass is 35.5. The van der Waals surface area contributed by atoms with Crippen LogP contribution in [0.4, 0.5) is 0 Å². The molecule has 0 bridgehead atoms. The zero-order valence-corrected chi connectivity index (χ0v) is 11.7. The Morgan fingerprint density at radius 1 is 1.28 bits per heavy atom. The largest absolute Gasteiger partial charge is 0.327 e. The molecule has 1 aliphatic carbocycles. The average molecular weight is 267 g/mol. The minimum absolute atomic E-state index is 0.230. The Kier molecular flexibility index (Phi) is 5.45. The molecule has 1 heterocycles. The minimum Gasteiger partial charge on any atom is -0.327 e. The Morgan fingerprint density at radius 2 is 2.00 bits per heavy atom. The molecule has 0 aromatic carbocycles. The summed E-state index contributed by atoms with van der Waals surface area (Å²) in [5.74, 6) is 0.822. The molecule has 18 heavy (non-hydrogen) atoms. The fraction of sp³-hybridized carbons (Fsp3) is 0.667. The maximum Gasteiger partial charge on any atom is 0.0621 e. The third-order valence-corrected chi connectivity index (χ3v) is 4.29. The van der Waals surface area contributed by atoms with E-state index in [1.807, 2.05) is 6.07 Å². The number of hydrogen-bond donors (Lipinski definition) is 1. The van der Waals surface area contributed by atoms with Crippen LogP contribution in [0.1, 0.15) is 50.5 Å². The second-order valence-corrected chi connectivity index (χ2v) is 5.93. The SMILES string of the molecule is NC(Cc1ccncc1Cl)CC1CCCCCC1. The molecule has 0 radical (unpaired) electrons. The summed E-state index contributed by atoms with van der Waals surface area (Å²) in [6, 6.07) is 2.21. The molecular weight excluding hydrogens is 244 g/mol. The van der Waals surface area contributed by atoms with Gasteiger partial charge in [0.2, 0.25) is 0 Å². The summed E-state index contributed by atoms with van der Waals surface area (Å²) in [5, 5.41) is 0.744.